The van der Waals surface area contributed by atoms with Crippen LogP contribution in [0.25, 0.3) is 11.1 Å². The Labute approximate surface area is 376 Å². The Kier molecular flexibility index (Phi) is 15.1. The number of benzene rings is 4. The third-order valence-electron chi connectivity index (χ3n) is 12.4. The molecule has 4 aromatic carbocycles. The Balaban J connectivity index is 0.830. The number of primary amides is 1. The molecule has 2 atom stereocenters. The van der Waals surface area contributed by atoms with Gasteiger partial charge in [-0.05, 0) is 92.5 Å². The average Bonchev–Trinajstić information content (AvgIpc) is 3.54. The van der Waals surface area contributed by atoms with Crippen LogP contribution in [0, 0.1) is 5.82 Å². The lowest BCUT2D eigenvalue weighted by Crippen LogP contribution is -2.54. The van der Waals surface area contributed by atoms with Gasteiger partial charge in [-0.3, -0.25) is 39.0 Å². The minimum Gasteiger partial charge on any atom is -0.494 e. The highest BCUT2D eigenvalue weighted by Gasteiger charge is 2.46. The van der Waals surface area contributed by atoms with Gasteiger partial charge in [0.15, 0.2) is 11.6 Å². The second kappa shape index (κ2) is 21.0. The van der Waals surface area contributed by atoms with E-state index in [9.17, 15) is 28.8 Å². The molecule has 0 aromatic heterocycles. The van der Waals surface area contributed by atoms with Crippen molar-refractivity contribution in [1.29, 1.82) is 0 Å². The second-order valence-electron chi connectivity index (χ2n) is 16.6. The minimum absolute atomic E-state index is 0.00224. The largest absolute Gasteiger partial charge is 0.494 e. The lowest BCUT2D eigenvalue weighted by molar-refractivity contribution is -0.136. The molecule has 1 saturated carbocycles. The van der Waals surface area contributed by atoms with Crippen LogP contribution in [0.5, 0.6) is 11.5 Å². The summed E-state index contributed by atoms with van der Waals surface area (Å²) in [5.74, 6) is -3.53. The van der Waals surface area contributed by atoms with Crippen molar-refractivity contribution >= 4 is 47.0 Å². The Morgan fingerprint density at radius 1 is 0.812 bits per heavy atom. The van der Waals surface area contributed by atoms with Crippen molar-refractivity contribution < 1.29 is 42.6 Å². The van der Waals surface area contributed by atoms with E-state index < -0.39 is 41.4 Å². The van der Waals surface area contributed by atoms with Gasteiger partial charge in [-0.1, -0.05) is 73.3 Å². The zero-order valence-corrected chi connectivity index (χ0v) is 36.5. The number of carbonyl (C=O) groups excluding carboxylic acids is 6. The molecule has 13 nitrogen and oxygen atoms in total. The van der Waals surface area contributed by atoms with Crippen LogP contribution >= 0.6 is 11.6 Å². The number of rotatable bonds is 19. The number of halogens is 2. The molecule has 0 spiro atoms. The monoisotopic (exact) mass is 893 g/mol. The van der Waals surface area contributed by atoms with Crippen LogP contribution in [0.1, 0.15) is 125 Å². The maximum atomic E-state index is 15.7. The molecule has 2 heterocycles. The molecule has 1 saturated heterocycles. The Hall–Kier alpha value is -6.12. The summed E-state index contributed by atoms with van der Waals surface area (Å²) in [5, 5.41) is 9.46. The number of nitrogens with zero attached hydrogens (tertiary/aromatic N) is 1. The number of piperidine rings is 1. The Morgan fingerprint density at radius 2 is 1.55 bits per heavy atom. The number of hydrogen-bond donors (Lipinski definition) is 4. The predicted octanol–water partition coefficient (Wildman–Crippen LogP) is 7.22. The standard InChI is InChI=1S/C49H53ClFN5O8/c1-63-40-24-21-33(46(52)59)43(45(40)51)35-27-30(16-22-37(35)50)36(29-11-6-5-7-12-29)28-53-31-17-19-32(20-18-31)54-41(57)15-8-3-2-4-9-26-64-39-14-10-13-34-44(39)49(62)56(48(34)61)38-23-25-42(58)55-47(38)60/h5-7,10-14,16,21-22,24,27,31-32,36,38,53H,2-4,8-9,15,17-20,23,25-26,28H2,1H3,(H2,52,59)(H,54,57)(H,55,58,60). The van der Waals surface area contributed by atoms with Crippen molar-refractivity contribution in [2.45, 2.75) is 101 Å². The molecule has 3 aliphatic rings. The molecular formula is C49H53ClFN5O8. The number of methoxy groups -OCH3 is 1. The van der Waals surface area contributed by atoms with Gasteiger partial charge in [0.25, 0.3) is 11.8 Å². The third kappa shape index (κ3) is 10.5. The molecule has 4 aromatic rings. The highest BCUT2D eigenvalue weighted by Crippen LogP contribution is 2.39. The van der Waals surface area contributed by atoms with Crippen LogP contribution in [0.2, 0.25) is 5.02 Å². The van der Waals surface area contributed by atoms with E-state index in [0.29, 0.717) is 30.9 Å². The molecule has 7 rings (SSSR count). The van der Waals surface area contributed by atoms with E-state index in [2.05, 4.69) is 28.1 Å². The van der Waals surface area contributed by atoms with Gasteiger partial charge in [-0.25, -0.2) is 4.39 Å². The zero-order chi connectivity index (χ0) is 45.3. The fraction of sp³-hybridized carbons (Fsp3) is 0.388. The van der Waals surface area contributed by atoms with Crippen LogP contribution in [-0.2, 0) is 14.4 Å². The maximum Gasteiger partial charge on any atom is 0.266 e. The number of imide groups is 2. The summed E-state index contributed by atoms with van der Waals surface area (Å²) >= 11 is 6.66. The van der Waals surface area contributed by atoms with Crippen LogP contribution in [0.15, 0.2) is 78.9 Å². The molecule has 15 heteroatoms. The number of amides is 6. The molecule has 0 radical (unpaired) electrons. The number of nitrogens with one attached hydrogen (secondary N) is 3. The average molecular weight is 894 g/mol. The molecule has 2 aliphatic heterocycles. The first-order valence-electron chi connectivity index (χ1n) is 22.0. The summed E-state index contributed by atoms with van der Waals surface area (Å²) in [6, 6.07) is 22.4. The predicted molar refractivity (Wildman–Crippen MR) is 239 cm³/mol. The lowest BCUT2D eigenvalue weighted by Gasteiger charge is -2.31. The summed E-state index contributed by atoms with van der Waals surface area (Å²) in [4.78, 5) is 76.6. The Bertz CT molecular complexity index is 2410. The number of hydrogen-bond acceptors (Lipinski definition) is 9. The van der Waals surface area contributed by atoms with Gasteiger partial charge < -0.3 is 25.8 Å². The number of nitrogens with two attached hydrogens (primary N) is 1. The van der Waals surface area contributed by atoms with Crippen LogP contribution in [0.3, 0.4) is 0 Å². The molecule has 64 heavy (non-hydrogen) atoms. The van der Waals surface area contributed by atoms with Crippen molar-refractivity contribution in [2.75, 3.05) is 20.3 Å². The summed E-state index contributed by atoms with van der Waals surface area (Å²) in [5.41, 5.74) is 8.29. The van der Waals surface area contributed by atoms with Gasteiger partial charge in [0.2, 0.25) is 23.6 Å². The fourth-order valence-corrected chi connectivity index (χ4v) is 9.19. The first kappa shape index (κ1) is 45.9. The lowest BCUT2D eigenvalue weighted by atomic mass is 9.87. The smallest absolute Gasteiger partial charge is 0.266 e. The normalized spacial score (nSPS) is 18.9. The van der Waals surface area contributed by atoms with Crippen molar-refractivity contribution in [3.63, 3.8) is 0 Å². The van der Waals surface area contributed by atoms with Crippen molar-refractivity contribution in [2.24, 2.45) is 5.73 Å². The molecular weight excluding hydrogens is 841 g/mol. The first-order valence-corrected chi connectivity index (χ1v) is 22.3. The van der Waals surface area contributed by atoms with E-state index in [1.165, 1.54) is 25.3 Å². The molecule has 0 bridgehead atoms. The number of unbranched alkanes of at least 4 members (excludes halogenated alkanes) is 4. The summed E-state index contributed by atoms with van der Waals surface area (Å²) in [6.45, 7) is 0.941. The minimum atomic E-state index is -1.04. The van der Waals surface area contributed by atoms with E-state index in [1.54, 1.807) is 18.2 Å². The van der Waals surface area contributed by atoms with Gasteiger partial charge in [-0.2, -0.15) is 0 Å². The van der Waals surface area contributed by atoms with E-state index in [4.69, 9.17) is 26.8 Å². The van der Waals surface area contributed by atoms with Crippen molar-refractivity contribution in [3.05, 3.63) is 118 Å². The van der Waals surface area contributed by atoms with Gasteiger partial charge in [-0.15, -0.1) is 0 Å². The number of fused-ring (bicyclic) bond motifs is 1. The highest BCUT2D eigenvalue weighted by molar-refractivity contribution is 6.33. The summed E-state index contributed by atoms with van der Waals surface area (Å²) in [6.07, 6.45) is 8.24. The molecule has 1 aliphatic carbocycles. The van der Waals surface area contributed by atoms with Crippen molar-refractivity contribution in [3.8, 4) is 22.6 Å². The molecule has 2 fully saturated rings. The first-order chi connectivity index (χ1) is 30.9. The van der Waals surface area contributed by atoms with Crippen molar-refractivity contribution in [1.82, 2.24) is 20.9 Å². The van der Waals surface area contributed by atoms with E-state index in [1.807, 2.05) is 30.3 Å². The zero-order valence-electron chi connectivity index (χ0n) is 35.8. The van der Waals surface area contributed by atoms with Gasteiger partial charge in [0.1, 0.15) is 11.8 Å². The highest BCUT2D eigenvalue weighted by atomic mass is 35.5. The summed E-state index contributed by atoms with van der Waals surface area (Å²) in [7, 11) is 1.36. The maximum absolute atomic E-state index is 15.7. The van der Waals surface area contributed by atoms with E-state index in [-0.39, 0.29) is 69.8 Å². The molecule has 5 N–H and O–H groups in total. The Morgan fingerprint density at radius 3 is 2.28 bits per heavy atom. The second-order valence-corrected chi connectivity index (χ2v) is 17.0. The summed E-state index contributed by atoms with van der Waals surface area (Å²) < 4.78 is 26.9. The number of ether oxygens (including phenoxy) is 2. The quantitative estimate of drug-likeness (QED) is 0.0557. The molecule has 336 valence electrons. The van der Waals surface area contributed by atoms with Gasteiger partial charge in [0, 0.05) is 53.5 Å². The third-order valence-corrected chi connectivity index (χ3v) is 12.7. The molecule has 2 unspecified atom stereocenters. The van der Waals surface area contributed by atoms with Crippen LogP contribution in [0.4, 0.5) is 4.39 Å². The van der Waals surface area contributed by atoms with Crippen LogP contribution in [-0.4, -0.2) is 78.7 Å². The fourth-order valence-electron chi connectivity index (χ4n) is 8.98. The van der Waals surface area contributed by atoms with Gasteiger partial charge in [0.05, 0.1) is 30.4 Å². The molecule has 6 amide bonds. The number of carbonyl (C=O) groups is 6. The van der Waals surface area contributed by atoms with Gasteiger partial charge >= 0.3 is 0 Å². The van der Waals surface area contributed by atoms with Crippen LogP contribution < -0.4 is 31.2 Å². The van der Waals surface area contributed by atoms with E-state index in [0.717, 1.165) is 73.8 Å². The van der Waals surface area contributed by atoms with E-state index >= 15 is 4.39 Å². The SMILES string of the molecule is COc1ccc(C(N)=O)c(-c2cc(C(CNC3CCC(NC(=O)CCCCCCCOc4cccc5c4C(=O)N(C4CCC(=O)NC4=O)C5=O)CC3)c3ccccc3)ccc2Cl)c1F. The topological polar surface area (TPSA) is 186 Å².